The van der Waals surface area contributed by atoms with Gasteiger partial charge in [0.1, 0.15) is 0 Å². The zero-order valence-corrected chi connectivity index (χ0v) is 9.48. The molecule has 0 aromatic carbocycles. The van der Waals surface area contributed by atoms with Crippen LogP contribution in [-0.2, 0) is 14.2 Å². The predicted octanol–water partition coefficient (Wildman–Crippen LogP) is 0.827. The molecule has 4 nitrogen and oxygen atoms in total. The third kappa shape index (κ3) is 5.47. The summed E-state index contributed by atoms with van der Waals surface area (Å²) >= 11 is 0. The predicted molar refractivity (Wildman–Crippen MR) is 56.9 cm³/mol. The maximum absolute atomic E-state index is 9.67. The second-order valence-corrected chi connectivity index (χ2v) is 3.94. The van der Waals surface area contributed by atoms with Crippen molar-refractivity contribution in [1.82, 2.24) is 0 Å². The van der Waals surface area contributed by atoms with E-state index in [4.69, 9.17) is 14.2 Å². The van der Waals surface area contributed by atoms with Crippen molar-refractivity contribution in [2.24, 2.45) is 5.92 Å². The van der Waals surface area contributed by atoms with Crippen LogP contribution in [0.25, 0.3) is 0 Å². The topological polar surface area (TPSA) is 47.9 Å². The van der Waals surface area contributed by atoms with E-state index in [9.17, 15) is 5.11 Å². The molecule has 0 aliphatic carbocycles. The van der Waals surface area contributed by atoms with E-state index >= 15 is 0 Å². The van der Waals surface area contributed by atoms with E-state index in [-0.39, 0.29) is 6.10 Å². The number of aliphatic hydroxyl groups is 1. The van der Waals surface area contributed by atoms with E-state index in [0.29, 0.717) is 32.3 Å². The number of hydrogen-bond acceptors (Lipinski definition) is 4. The van der Waals surface area contributed by atoms with Gasteiger partial charge in [0, 0.05) is 26.2 Å². The van der Waals surface area contributed by atoms with Crippen molar-refractivity contribution in [2.45, 2.75) is 25.4 Å². The van der Waals surface area contributed by atoms with Gasteiger partial charge in [-0.1, -0.05) is 0 Å². The summed E-state index contributed by atoms with van der Waals surface area (Å²) in [5, 5.41) is 9.67. The largest absolute Gasteiger partial charge is 0.393 e. The molecule has 0 aromatic heterocycles. The van der Waals surface area contributed by atoms with E-state index in [2.05, 4.69) is 0 Å². The molecule has 2 unspecified atom stereocenters. The summed E-state index contributed by atoms with van der Waals surface area (Å²) in [5.74, 6) is 0.296. The van der Waals surface area contributed by atoms with Gasteiger partial charge in [0.05, 0.1) is 25.9 Å². The molecule has 0 saturated carbocycles. The first-order valence-corrected chi connectivity index (χ1v) is 5.67. The van der Waals surface area contributed by atoms with E-state index in [1.807, 2.05) is 0 Å². The molecule has 1 heterocycles. The molecule has 4 heteroatoms. The molecular weight excluding hydrogens is 196 g/mol. The third-order valence-electron chi connectivity index (χ3n) is 2.73. The molecule has 0 spiro atoms. The van der Waals surface area contributed by atoms with Crippen molar-refractivity contribution in [3.05, 3.63) is 0 Å². The average molecular weight is 218 g/mol. The Balaban J connectivity index is 1.94. The quantitative estimate of drug-likeness (QED) is 0.643. The van der Waals surface area contributed by atoms with Crippen LogP contribution in [0.2, 0.25) is 0 Å². The number of aliphatic hydroxyl groups excluding tert-OH is 1. The fourth-order valence-electron chi connectivity index (χ4n) is 1.75. The first-order chi connectivity index (χ1) is 7.34. The van der Waals surface area contributed by atoms with Crippen molar-refractivity contribution < 1.29 is 19.3 Å². The number of rotatable bonds is 7. The lowest BCUT2D eigenvalue weighted by molar-refractivity contribution is -0.0413. The van der Waals surface area contributed by atoms with Crippen LogP contribution < -0.4 is 0 Å². The Kier molecular flexibility index (Phi) is 6.92. The van der Waals surface area contributed by atoms with Crippen LogP contribution in [0.5, 0.6) is 0 Å². The summed E-state index contributed by atoms with van der Waals surface area (Å²) in [4.78, 5) is 0. The smallest absolute Gasteiger partial charge is 0.0700 e. The summed E-state index contributed by atoms with van der Waals surface area (Å²) in [5.41, 5.74) is 0. The maximum atomic E-state index is 9.67. The van der Waals surface area contributed by atoms with Gasteiger partial charge in [-0.3, -0.25) is 0 Å². The van der Waals surface area contributed by atoms with E-state index in [0.717, 1.165) is 25.9 Å². The number of methoxy groups -OCH3 is 1. The normalized spacial score (nSPS) is 26.8. The van der Waals surface area contributed by atoms with E-state index < -0.39 is 0 Å². The van der Waals surface area contributed by atoms with Crippen molar-refractivity contribution in [1.29, 1.82) is 0 Å². The first kappa shape index (κ1) is 12.9. The Bertz CT molecular complexity index is 152. The van der Waals surface area contributed by atoms with Crippen LogP contribution in [0.3, 0.4) is 0 Å². The van der Waals surface area contributed by atoms with Gasteiger partial charge < -0.3 is 19.3 Å². The molecule has 90 valence electrons. The summed E-state index contributed by atoms with van der Waals surface area (Å²) in [6, 6.07) is 0. The van der Waals surface area contributed by atoms with Gasteiger partial charge in [-0.2, -0.15) is 0 Å². The minimum Gasteiger partial charge on any atom is -0.393 e. The van der Waals surface area contributed by atoms with Gasteiger partial charge >= 0.3 is 0 Å². The highest BCUT2D eigenvalue weighted by atomic mass is 16.5. The zero-order chi connectivity index (χ0) is 10.9. The standard InChI is InChI=1S/C11H22O4/c1-13-7-8-14-5-2-3-10-9-15-6-4-11(10)12/h10-12H,2-9H2,1H3. The highest BCUT2D eigenvalue weighted by Crippen LogP contribution is 2.19. The van der Waals surface area contributed by atoms with Crippen LogP contribution >= 0.6 is 0 Å². The lowest BCUT2D eigenvalue weighted by Gasteiger charge is -2.27. The lowest BCUT2D eigenvalue weighted by Crippen LogP contribution is -2.31. The summed E-state index contributed by atoms with van der Waals surface area (Å²) < 4.78 is 15.6. The Morgan fingerprint density at radius 3 is 2.93 bits per heavy atom. The zero-order valence-electron chi connectivity index (χ0n) is 9.48. The van der Waals surface area contributed by atoms with E-state index in [1.54, 1.807) is 7.11 Å². The molecule has 2 atom stereocenters. The Hall–Kier alpha value is -0.160. The van der Waals surface area contributed by atoms with Gasteiger partial charge in [0.25, 0.3) is 0 Å². The molecule has 0 aromatic rings. The van der Waals surface area contributed by atoms with Crippen molar-refractivity contribution in [3.63, 3.8) is 0 Å². The monoisotopic (exact) mass is 218 g/mol. The minimum atomic E-state index is -0.183. The molecule has 1 fully saturated rings. The van der Waals surface area contributed by atoms with Gasteiger partial charge in [-0.25, -0.2) is 0 Å². The SMILES string of the molecule is COCCOCCCC1COCCC1O. The van der Waals surface area contributed by atoms with Crippen molar-refractivity contribution >= 4 is 0 Å². The molecule has 1 saturated heterocycles. The third-order valence-corrected chi connectivity index (χ3v) is 2.73. The fourth-order valence-corrected chi connectivity index (χ4v) is 1.75. The molecule has 1 aliphatic heterocycles. The van der Waals surface area contributed by atoms with Gasteiger partial charge in [0.2, 0.25) is 0 Å². The lowest BCUT2D eigenvalue weighted by atomic mass is 9.94. The average Bonchev–Trinajstić information content (AvgIpc) is 2.25. The molecule has 1 rings (SSSR count). The second-order valence-electron chi connectivity index (χ2n) is 3.94. The highest BCUT2D eigenvalue weighted by Gasteiger charge is 2.22. The number of ether oxygens (including phenoxy) is 3. The molecule has 0 bridgehead atoms. The molecule has 15 heavy (non-hydrogen) atoms. The van der Waals surface area contributed by atoms with Crippen molar-refractivity contribution in [3.8, 4) is 0 Å². The number of hydrogen-bond donors (Lipinski definition) is 1. The Morgan fingerprint density at radius 2 is 2.20 bits per heavy atom. The molecule has 1 aliphatic rings. The van der Waals surface area contributed by atoms with E-state index in [1.165, 1.54) is 0 Å². The van der Waals surface area contributed by atoms with Crippen LogP contribution in [0.4, 0.5) is 0 Å². The molecule has 0 radical (unpaired) electrons. The van der Waals surface area contributed by atoms with Crippen LogP contribution in [-0.4, -0.2) is 51.4 Å². The van der Waals surface area contributed by atoms with Crippen LogP contribution in [0, 0.1) is 5.92 Å². The molecule has 0 amide bonds. The van der Waals surface area contributed by atoms with Gasteiger partial charge in [-0.05, 0) is 19.3 Å². The summed E-state index contributed by atoms with van der Waals surface area (Å²) in [6.07, 6.45) is 2.55. The van der Waals surface area contributed by atoms with Gasteiger partial charge in [0.15, 0.2) is 0 Å². The molecular formula is C11H22O4. The Labute approximate surface area is 91.5 Å². The minimum absolute atomic E-state index is 0.183. The summed E-state index contributed by atoms with van der Waals surface area (Å²) in [6.45, 7) is 3.43. The van der Waals surface area contributed by atoms with Gasteiger partial charge in [-0.15, -0.1) is 0 Å². The molecule has 1 N–H and O–H groups in total. The maximum Gasteiger partial charge on any atom is 0.0700 e. The van der Waals surface area contributed by atoms with Crippen LogP contribution in [0.1, 0.15) is 19.3 Å². The van der Waals surface area contributed by atoms with Crippen molar-refractivity contribution in [2.75, 3.05) is 40.1 Å². The summed E-state index contributed by atoms with van der Waals surface area (Å²) in [7, 11) is 1.67. The Morgan fingerprint density at radius 1 is 1.33 bits per heavy atom. The highest BCUT2D eigenvalue weighted by molar-refractivity contribution is 4.72. The van der Waals surface area contributed by atoms with Crippen LogP contribution in [0.15, 0.2) is 0 Å². The second kappa shape index (κ2) is 8.05. The first-order valence-electron chi connectivity index (χ1n) is 5.67. The fraction of sp³-hybridized carbons (Fsp3) is 1.00.